The Morgan fingerprint density at radius 3 is 2.03 bits per heavy atom. The Morgan fingerprint density at radius 2 is 1.57 bits per heavy atom. The molecule has 2 rings (SSSR count). The molecule has 11 heteroatoms. The van der Waals surface area contributed by atoms with E-state index in [9.17, 15) is 19.5 Å². The molecule has 6 N–H and O–H groups in total. The van der Waals surface area contributed by atoms with Crippen molar-refractivity contribution in [2.24, 2.45) is 11.1 Å². The Kier molecular flexibility index (Phi) is 17.0. The number of nitrogens with zero attached hydrogens (tertiary/aromatic N) is 1. The second kappa shape index (κ2) is 18.4. The van der Waals surface area contributed by atoms with Crippen molar-refractivity contribution in [1.29, 1.82) is 0 Å². The summed E-state index contributed by atoms with van der Waals surface area (Å²) in [4.78, 5) is 47.5. The van der Waals surface area contributed by atoms with E-state index < -0.39 is 24.5 Å². The molecule has 1 atom stereocenters. The van der Waals surface area contributed by atoms with E-state index in [0.29, 0.717) is 11.8 Å². The number of carboxylic acid groups (broad SMARTS) is 1. The number of carboxylic acids is 1. The number of pyridine rings is 1. The van der Waals surface area contributed by atoms with Crippen LogP contribution in [0.15, 0.2) is 48.8 Å². The standard InChI is InChI=1S/C19H21N3O5.C6H14.CH2NO.Fm/c23-15-4-1-13(2-5-15)3-6-17(24)22-16(19(27)21-12-18(25)26)11-14-7-9-20-10-8-14;1-5-6(2,3)4;2-1-3;/h1-2,4-5,7-10,16,23H,3,6,11-12H2,(H,21,27)(H,22,24)(H,25,26);5H2,1-4H3;(H2,2,3);/q;;-1;. The van der Waals surface area contributed by atoms with E-state index >= 15 is 0 Å². The molecule has 0 aliphatic rings. The maximum Gasteiger partial charge on any atom is 0.322 e. The molecule has 210 valence electrons. The van der Waals surface area contributed by atoms with Crippen LogP contribution < -0.4 is 16.4 Å². The van der Waals surface area contributed by atoms with Crippen LogP contribution in [0.3, 0.4) is 0 Å². The van der Waals surface area contributed by atoms with Gasteiger partial charge in [-0.25, -0.2) is 0 Å². The zero-order chi connectivity index (χ0) is 27.6. The summed E-state index contributed by atoms with van der Waals surface area (Å²) in [6, 6.07) is 9.07. The molecule has 0 spiro atoms. The van der Waals surface area contributed by atoms with Crippen LogP contribution in [0.1, 0.15) is 51.7 Å². The summed E-state index contributed by atoms with van der Waals surface area (Å²) in [5.41, 5.74) is 6.25. The second-order valence-corrected chi connectivity index (χ2v) is 8.99. The third-order valence-corrected chi connectivity index (χ3v) is 4.89. The minimum atomic E-state index is -1.16. The predicted molar refractivity (Wildman–Crippen MR) is 137 cm³/mol. The summed E-state index contributed by atoms with van der Waals surface area (Å²) < 4.78 is 0. The van der Waals surface area contributed by atoms with Gasteiger partial charge >= 0.3 is 5.97 Å². The van der Waals surface area contributed by atoms with E-state index in [0.717, 1.165) is 17.5 Å². The molecule has 0 saturated carbocycles. The summed E-state index contributed by atoms with van der Waals surface area (Å²) >= 11 is 0. The molecule has 0 aliphatic carbocycles. The van der Waals surface area contributed by atoms with Gasteiger partial charge in [-0.1, -0.05) is 46.2 Å². The minimum Gasteiger partial charge on any atom is -0.543 e. The molecular weight excluding hydrogens is 721 g/mol. The molecular formula is C26H37FmN4O6-. The molecule has 1 aromatic carbocycles. The normalized spacial score (nSPS) is 10.6. The maximum absolute atomic E-state index is 12.3. The van der Waals surface area contributed by atoms with Gasteiger partial charge < -0.3 is 31.4 Å². The number of carbonyl (C=O) groups excluding carboxylic acids is 3. The summed E-state index contributed by atoms with van der Waals surface area (Å²) in [6.07, 6.45) is 6.25. The van der Waals surface area contributed by atoms with Crippen LogP contribution in [0.25, 0.3) is 0 Å². The smallest absolute Gasteiger partial charge is 0.322 e. The van der Waals surface area contributed by atoms with Crippen molar-refractivity contribution in [3.63, 3.8) is 0 Å². The fourth-order valence-electron chi connectivity index (χ4n) is 2.44. The van der Waals surface area contributed by atoms with Gasteiger partial charge in [-0.2, -0.15) is 6.41 Å². The summed E-state index contributed by atoms with van der Waals surface area (Å²) in [5.74, 6) is -1.90. The first-order chi connectivity index (χ1) is 16.9. The van der Waals surface area contributed by atoms with Gasteiger partial charge in [-0.15, -0.1) is 0 Å². The topological polar surface area (TPSA) is 172 Å². The van der Waals surface area contributed by atoms with Crippen LogP contribution in [-0.4, -0.2) is 52.0 Å². The number of amides is 3. The Hall–Kier alpha value is -4.95. The second-order valence-electron chi connectivity index (χ2n) is 8.99. The van der Waals surface area contributed by atoms with E-state index in [2.05, 4.69) is 49.0 Å². The third-order valence-electron chi connectivity index (χ3n) is 4.89. The molecule has 0 aliphatic heterocycles. The molecule has 2 aromatic rings. The Bertz CT molecular complexity index is 934. The molecule has 37 heavy (non-hydrogen) atoms. The Labute approximate surface area is 212 Å². The van der Waals surface area contributed by atoms with Crippen molar-refractivity contribution >= 4 is 24.2 Å². The Morgan fingerprint density at radius 1 is 1.05 bits per heavy atom. The van der Waals surface area contributed by atoms with Crippen LogP contribution in [0.2, 0.25) is 0 Å². The monoisotopic (exact) mass is 758 g/mol. The molecule has 10 nitrogen and oxygen atoms in total. The van der Waals surface area contributed by atoms with E-state index in [-0.39, 0.29) is 24.5 Å². The maximum atomic E-state index is 12.3. The van der Waals surface area contributed by atoms with E-state index in [1.165, 1.54) is 6.42 Å². The van der Waals surface area contributed by atoms with Gasteiger partial charge in [-0.05, 0) is 47.2 Å². The number of hydrogen-bond acceptors (Lipinski definition) is 6. The van der Waals surface area contributed by atoms with Gasteiger partial charge in [0, 0.05) is 25.2 Å². The van der Waals surface area contributed by atoms with Gasteiger partial charge in [0.25, 0.3) is 0 Å². The summed E-state index contributed by atoms with van der Waals surface area (Å²) in [7, 11) is 0. The van der Waals surface area contributed by atoms with Gasteiger partial charge in [0.2, 0.25) is 11.8 Å². The minimum absolute atomic E-state index is 0. The zero-order valence-electron chi connectivity index (χ0n) is 21.6. The number of nitrogens with two attached hydrogens (primary N) is 1. The van der Waals surface area contributed by atoms with Gasteiger partial charge in [0.05, 0.1) is 0 Å². The molecule has 3 amide bonds. The number of carbonyl (C=O) groups is 3. The number of aromatic hydroxyl groups is 1. The van der Waals surface area contributed by atoms with E-state index in [4.69, 9.17) is 9.90 Å². The van der Waals surface area contributed by atoms with Crippen molar-refractivity contribution in [3.05, 3.63) is 59.9 Å². The average Bonchev–Trinajstić information content (AvgIpc) is 2.83. The Balaban J connectivity index is 0. The number of rotatable bonds is 9. The summed E-state index contributed by atoms with van der Waals surface area (Å²) in [6.45, 7) is 8.42. The van der Waals surface area contributed by atoms with Crippen LogP contribution >= 0.6 is 0 Å². The number of aromatic nitrogens is 1. The van der Waals surface area contributed by atoms with Crippen LogP contribution in [0, 0.1) is 5.41 Å². The number of primary amides is 1. The number of nitrogens with one attached hydrogen (secondary N) is 2. The number of aryl methyl sites for hydroxylation is 1. The third kappa shape index (κ3) is 18.1. The number of phenolic OH excluding ortho intramolecular Hbond substituents is 1. The van der Waals surface area contributed by atoms with E-state index in [1.54, 1.807) is 48.8 Å². The predicted octanol–water partition coefficient (Wildman–Crippen LogP) is 2.10. The molecule has 0 radical (unpaired) electrons. The molecule has 1 unspecified atom stereocenters. The fourth-order valence-corrected chi connectivity index (χ4v) is 2.44. The van der Waals surface area contributed by atoms with Crippen molar-refractivity contribution < 1.29 is 29.4 Å². The van der Waals surface area contributed by atoms with E-state index in [1.807, 2.05) is 0 Å². The van der Waals surface area contributed by atoms with Crippen LogP contribution in [-0.2, 0) is 32.0 Å². The SMILES string of the molecule is CCC(C)(C)C.N[C-]=O.O=C(O)CNC(=O)C(Cc1ccncc1)NC(=O)CCc1ccc(O)cc1.[Fm]. The molecule has 0 saturated heterocycles. The molecule has 1 heterocycles. The zero-order valence-corrected chi connectivity index (χ0v) is 24.0. The number of aliphatic carboxylic acids is 1. The quantitative estimate of drug-likeness (QED) is 0.193. The fraction of sp³-hybridized carbons (Fsp3) is 0.423. The number of benzene rings is 1. The van der Waals surface area contributed by atoms with Crippen molar-refractivity contribution in [2.45, 2.75) is 59.4 Å². The van der Waals surface area contributed by atoms with Crippen molar-refractivity contribution in [2.75, 3.05) is 6.54 Å². The van der Waals surface area contributed by atoms with Gasteiger partial charge in [0.15, 0.2) is 0 Å². The first-order valence-corrected chi connectivity index (χ1v) is 11.4. The first-order valence-electron chi connectivity index (χ1n) is 11.4. The van der Waals surface area contributed by atoms with Crippen molar-refractivity contribution in [1.82, 2.24) is 15.6 Å². The molecule has 0 fully saturated rings. The number of hydrogen-bond donors (Lipinski definition) is 5. The average molecular weight is 759 g/mol. The number of phenols is 1. The van der Waals surface area contributed by atoms with Gasteiger partial charge in [-0.3, -0.25) is 19.4 Å². The van der Waals surface area contributed by atoms with Crippen LogP contribution in [0.4, 0.5) is 0 Å². The van der Waals surface area contributed by atoms with Gasteiger partial charge in [0.1, 0.15) is 18.3 Å². The molecule has 0 bridgehead atoms. The first kappa shape index (κ1) is 34.2. The van der Waals surface area contributed by atoms with Crippen LogP contribution in [0.5, 0.6) is 5.75 Å². The molecule has 1 aromatic heterocycles. The largest absolute Gasteiger partial charge is 0.543 e. The summed E-state index contributed by atoms with van der Waals surface area (Å²) in [5, 5.41) is 22.9. The van der Waals surface area contributed by atoms with Crippen molar-refractivity contribution in [3.8, 4) is 5.75 Å².